The monoisotopic (exact) mass is 283 g/mol. The van der Waals surface area contributed by atoms with Crippen molar-refractivity contribution in [1.82, 2.24) is 0 Å². The number of halogens is 1. The number of carbonyl (C=O) groups excluding carboxylic acids is 1. The molecule has 0 saturated carbocycles. The summed E-state index contributed by atoms with van der Waals surface area (Å²) in [6, 6.07) is 6.87. The molecular weight excluding hydrogens is 274 g/mol. The van der Waals surface area contributed by atoms with Gasteiger partial charge in [-0.1, -0.05) is 0 Å². The molecule has 0 fully saturated rings. The number of nitriles is 1. The lowest BCUT2D eigenvalue weighted by Gasteiger charge is -2.07. The van der Waals surface area contributed by atoms with Gasteiger partial charge in [0.2, 0.25) is 0 Å². The second-order valence-electron chi connectivity index (χ2n) is 2.85. The number of rotatable bonds is 4. The fraction of sp³-hybridized carbons (Fsp3) is 0.273. The Morgan fingerprint density at radius 2 is 2.31 bits per heavy atom. The second-order valence-corrected chi connectivity index (χ2v) is 3.71. The smallest absolute Gasteiger partial charge is 0.344 e. The van der Waals surface area contributed by atoms with Crippen LogP contribution in [0.2, 0.25) is 0 Å². The van der Waals surface area contributed by atoms with Gasteiger partial charge in [0.05, 0.1) is 22.7 Å². The zero-order valence-electron chi connectivity index (χ0n) is 8.70. The highest BCUT2D eigenvalue weighted by Crippen LogP contribution is 2.25. The third-order valence-electron chi connectivity index (χ3n) is 1.71. The van der Waals surface area contributed by atoms with Gasteiger partial charge in [-0.2, -0.15) is 5.26 Å². The van der Waals surface area contributed by atoms with Crippen LogP contribution in [-0.4, -0.2) is 19.2 Å². The van der Waals surface area contributed by atoms with E-state index in [1.165, 1.54) is 0 Å². The van der Waals surface area contributed by atoms with Gasteiger partial charge < -0.3 is 9.47 Å². The Morgan fingerprint density at radius 1 is 1.56 bits per heavy atom. The van der Waals surface area contributed by atoms with E-state index in [2.05, 4.69) is 15.9 Å². The average molecular weight is 284 g/mol. The quantitative estimate of drug-likeness (QED) is 0.796. The lowest BCUT2D eigenvalue weighted by atomic mass is 10.2. The number of ether oxygens (including phenoxy) is 2. The molecule has 5 heteroatoms. The Balaban J connectivity index is 2.62. The fourth-order valence-electron chi connectivity index (χ4n) is 1.03. The Hall–Kier alpha value is -1.54. The Bertz CT molecular complexity index is 426. The van der Waals surface area contributed by atoms with Gasteiger partial charge in [-0.25, -0.2) is 4.79 Å². The molecule has 1 rings (SSSR count). The first-order valence-electron chi connectivity index (χ1n) is 4.65. The van der Waals surface area contributed by atoms with Crippen LogP contribution < -0.4 is 4.74 Å². The third kappa shape index (κ3) is 3.55. The predicted molar refractivity (Wildman–Crippen MR) is 61.0 cm³/mol. The molecule has 0 unspecified atom stereocenters. The largest absolute Gasteiger partial charge is 0.481 e. The highest BCUT2D eigenvalue weighted by atomic mass is 79.9. The molecule has 0 spiro atoms. The Labute approximate surface area is 102 Å². The number of benzene rings is 1. The first-order chi connectivity index (χ1) is 7.67. The summed E-state index contributed by atoms with van der Waals surface area (Å²) >= 11 is 3.25. The lowest BCUT2D eigenvalue weighted by Crippen LogP contribution is -2.14. The molecule has 84 valence electrons. The number of nitrogens with zero attached hydrogens (tertiary/aromatic N) is 1. The third-order valence-corrected chi connectivity index (χ3v) is 2.33. The van der Waals surface area contributed by atoms with E-state index >= 15 is 0 Å². The minimum atomic E-state index is -0.418. The number of hydrogen-bond acceptors (Lipinski definition) is 4. The van der Waals surface area contributed by atoms with E-state index < -0.39 is 5.97 Å². The molecule has 0 saturated heterocycles. The van der Waals surface area contributed by atoms with Crippen molar-refractivity contribution in [2.75, 3.05) is 13.2 Å². The molecule has 0 atom stereocenters. The van der Waals surface area contributed by atoms with E-state index in [9.17, 15) is 4.79 Å². The van der Waals surface area contributed by atoms with Crippen LogP contribution in [-0.2, 0) is 9.53 Å². The van der Waals surface area contributed by atoms with Crippen molar-refractivity contribution in [3.63, 3.8) is 0 Å². The summed E-state index contributed by atoms with van der Waals surface area (Å²) in [5, 5.41) is 8.66. The molecule has 1 aromatic carbocycles. The zero-order chi connectivity index (χ0) is 12.0. The van der Waals surface area contributed by atoms with Crippen LogP contribution in [0.15, 0.2) is 22.7 Å². The lowest BCUT2D eigenvalue weighted by molar-refractivity contribution is -0.145. The number of hydrogen-bond donors (Lipinski definition) is 0. The van der Waals surface area contributed by atoms with Gasteiger partial charge in [-0.05, 0) is 41.1 Å². The van der Waals surface area contributed by atoms with Crippen molar-refractivity contribution in [2.45, 2.75) is 6.92 Å². The van der Waals surface area contributed by atoms with Crippen LogP contribution in [0.3, 0.4) is 0 Å². The summed E-state index contributed by atoms with van der Waals surface area (Å²) in [5.41, 5.74) is 0.523. The topological polar surface area (TPSA) is 59.3 Å². The zero-order valence-corrected chi connectivity index (χ0v) is 10.3. The van der Waals surface area contributed by atoms with Gasteiger partial charge in [0.25, 0.3) is 0 Å². The molecule has 0 aromatic heterocycles. The predicted octanol–water partition coefficient (Wildman–Crippen LogP) is 2.26. The molecule has 0 heterocycles. The van der Waals surface area contributed by atoms with Crippen LogP contribution in [0.5, 0.6) is 5.75 Å². The Morgan fingerprint density at radius 3 is 2.88 bits per heavy atom. The van der Waals surface area contributed by atoms with Crippen molar-refractivity contribution in [1.29, 1.82) is 5.26 Å². The van der Waals surface area contributed by atoms with Gasteiger partial charge >= 0.3 is 5.97 Å². The van der Waals surface area contributed by atoms with E-state index in [0.29, 0.717) is 22.4 Å². The first kappa shape index (κ1) is 12.5. The van der Waals surface area contributed by atoms with Gasteiger partial charge in [0.15, 0.2) is 6.61 Å². The van der Waals surface area contributed by atoms with E-state index in [1.807, 2.05) is 6.07 Å². The summed E-state index contributed by atoms with van der Waals surface area (Å²) < 4.78 is 10.6. The highest BCUT2D eigenvalue weighted by molar-refractivity contribution is 9.10. The van der Waals surface area contributed by atoms with Gasteiger partial charge in [-0.15, -0.1) is 0 Å². The molecule has 0 aliphatic rings. The normalized spacial score (nSPS) is 9.31. The molecular formula is C11H10BrNO3. The molecule has 0 aliphatic heterocycles. The summed E-state index contributed by atoms with van der Waals surface area (Å²) in [6.07, 6.45) is 0. The number of carbonyl (C=O) groups is 1. The maximum absolute atomic E-state index is 11.0. The molecule has 0 amide bonds. The van der Waals surface area contributed by atoms with Crippen molar-refractivity contribution < 1.29 is 14.3 Å². The minimum Gasteiger partial charge on any atom is -0.481 e. The molecule has 0 aliphatic carbocycles. The van der Waals surface area contributed by atoms with Gasteiger partial charge in [-0.3, -0.25) is 0 Å². The van der Waals surface area contributed by atoms with Gasteiger partial charge in [0.1, 0.15) is 5.75 Å². The van der Waals surface area contributed by atoms with E-state index in [-0.39, 0.29) is 6.61 Å². The van der Waals surface area contributed by atoms with E-state index in [4.69, 9.17) is 14.7 Å². The molecule has 4 nitrogen and oxygen atoms in total. The molecule has 1 aromatic rings. The van der Waals surface area contributed by atoms with E-state index in [0.717, 1.165) is 0 Å². The van der Waals surface area contributed by atoms with Crippen LogP contribution >= 0.6 is 15.9 Å². The fourth-order valence-corrected chi connectivity index (χ4v) is 1.52. The summed E-state index contributed by atoms with van der Waals surface area (Å²) in [5.74, 6) is 0.0887. The molecule has 0 bridgehead atoms. The molecule has 0 N–H and O–H groups in total. The Kier molecular flexibility index (Phi) is 4.80. The van der Waals surface area contributed by atoms with E-state index in [1.54, 1.807) is 25.1 Å². The first-order valence-corrected chi connectivity index (χ1v) is 5.44. The summed E-state index contributed by atoms with van der Waals surface area (Å²) in [7, 11) is 0. The SMILES string of the molecule is CCOC(=O)COc1ccc(C#N)cc1Br. The maximum atomic E-state index is 11.0. The van der Waals surface area contributed by atoms with Crippen molar-refractivity contribution in [3.05, 3.63) is 28.2 Å². The minimum absolute atomic E-state index is 0.141. The van der Waals surface area contributed by atoms with Crippen LogP contribution in [0.1, 0.15) is 12.5 Å². The van der Waals surface area contributed by atoms with Crippen LogP contribution in [0.25, 0.3) is 0 Å². The van der Waals surface area contributed by atoms with Gasteiger partial charge in [0, 0.05) is 0 Å². The summed E-state index contributed by atoms with van der Waals surface area (Å²) in [6.45, 7) is 1.92. The van der Waals surface area contributed by atoms with Crippen molar-refractivity contribution in [3.8, 4) is 11.8 Å². The summed E-state index contributed by atoms with van der Waals surface area (Å²) in [4.78, 5) is 11.0. The molecule has 16 heavy (non-hydrogen) atoms. The average Bonchev–Trinajstić information content (AvgIpc) is 2.27. The highest BCUT2D eigenvalue weighted by Gasteiger charge is 2.06. The maximum Gasteiger partial charge on any atom is 0.344 e. The molecule has 0 radical (unpaired) electrons. The second kappa shape index (κ2) is 6.13. The number of esters is 1. The van der Waals surface area contributed by atoms with Crippen molar-refractivity contribution in [2.24, 2.45) is 0 Å². The standard InChI is InChI=1S/C11H10BrNO3/c1-2-15-11(14)7-16-10-4-3-8(6-13)5-9(10)12/h3-5H,2,7H2,1H3. The van der Waals surface area contributed by atoms with Crippen LogP contribution in [0, 0.1) is 11.3 Å². The van der Waals surface area contributed by atoms with Crippen molar-refractivity contribution >= 4 is 21.9 Å². The van der Waals surface area contributed by atoms with Crippen LogP contribution in [0.4, 0.5) is 0 Å².